The van der Waals surface area contributed by atoms with Crippen LogP contribution in [0.25, 0.3) is 6.08 Å². The van der Waals surface area contributed by atoms with Crippen LogP contribution in [0.2, 0.25) is 0 Å². The largest absolute Gasteiger partial charge is 0.490 e. The molecule has 12 nitrogen and oxygen atoms in total. The minimum atomic E-state index is -4.25. The second kappa shape index (κ2) is 12.2. The van der Waals surface area contributed by atoms with Crippen LogP contribution < -0.4 is 14.2 Å². The Morgan fingerprint density at radius 1 is 1.05 bits per heavy atom. The summed E-state index contributed by atoms with van der Waals surface area (Å²) in [4.78, 5) is 48.0. The van der Waals surface area contributed by atoms with Crippen molar-refractivity contribution < 1.29 is 36.6 Å². The van der Waals surface area contributed by atoms with E-state index in [2.05, 4.69) is 5.32 Å². The van der Waals surface area contributed by atoms with Gasteiger partial charge in [-0.15, -0.1) is 0 Å². The molecule has 0 atom stereocenters. The fourth-order valence-electron chi connectivity index (χ4n) is 3.72. The Hall–Kier alpha value is -4.69. The molecule has 0 aromatic heterocycles. The zero-order valence-corrected chi connectivity index (χ0v) is 23.4. The summed E-state index contributed by atoms with van der Waals surface area (Å²) in [6, 6.07) is 15.4. The molecule has 0 radical (unpaired) electrons. The Kier molecular flexibility index (Phi) is 8.74. The highest BCUT2D eigenvalue weighted by Crippen LogP contribution is 2.36. The number of anilines is 1. The summed E-state index contributed by atoms with van der Waals surface area (Å²) in [5.74, 6) is -0.819. The van der Waals surface area contributed by atoms with E-state index in [0.717, 1.165) is 16.7 Å². The highest BCUT2D eigenvalue weighted by Gasteiger charge is 2.35. The van der Waals surface area contributed by atoms with Gasteiger partial charge in [0.25, 0.3) is 16.8 Å². The molecule has 1 fully saturated rings. The summed E-state index contributed by atoms with van der Waals surface area (Å²) in [5.41, 5.74) is 1.32. The number of non-ortho nitro benzene ring substituents is 1. The lowest BCUT2D eigenvalue weighted by Gasteiger charge is -2.13. The maximum Gasteiger partial charge on any atom is 0.339 e. The monoisotopic (exact) mass is 597 g/mol. The van der Waals surface area contributed by atoms with Gasteiger partial charge in [-0.1, -0.05) is 18.2 Å². The molecular formula is C27H23N3O9S2. The molecule has 0 unspecified atom stereocenters. The van der Waals surface area contributed by atoms with Gasteiger partial charge < -0.3 is 14.2 Å². The van der Waals surface area contributed by atoms with Crippen molar-refractivity contribution >= 4 is 56.4 Å². The Balaban J connectivity index is 1.52. The molecule has 3 aromatic carbocycles. The van der Waals surface area contributed by atoms with Crippen molar-refractivity contribution in [1.82, 2.24) is 4.90 Å². The summed E-state index contributed by atoms with van der Waals surface area (Å²) < 4.78 is 36.6. The van der Waals surface area contributed by atoms with E-state index in [4.69, 9.17) is 8.92 Å². The van der Waals surface area contributed by atoms with E-state index >= 15 is 0 Å². The van der Waals surface area contributed by atoms with Crippen LogP contribution in [0.5, 0.6) is 11.5 Å². The second-order valence-corrected chi connectivity index (χ2v) is 11.1. The van der Waals surface area contributed by atoms with E-state index in [1.807, 2.05) is 0 Å². The first-order chi connectivity index (χ1) is 19.5. The third-order valence-corrected chi connectivity index (χ3v) is 7.75. The fraction of sp³-hybridized carbons (Fsp3) is 0.148. The van der Waals surface area contributed by atoms with Gasteiger partial charge in [-0.2, -0.15) is 8.42 Å². The molecule has 0 bridgehead atoms. The summed E-state index contributed by atoms with van der Waals surface area (Å²) in [6.07, 6.45) is 1.47. The van der Waals surface area contributed by atoms with Crippen LogP contribution in [0.15, 0.2) is 76.5 Å². The summed E-state index contributed by atoms with van der Waals surface area (Å²) in [6.45, 7) is 3.17. The summed E-state index contributed by atoms with van der Waals surface area (Å²) in [7, 11) is -4.25. The number of ether oxygens (including phenoxy) is 1. The average molecular weight is 598 g/mol. The molecule has 3 aromatic rings. The molecule has 14 heteroatoms. The number of imide groups is 1. The van der Waals surface area contributed by atoms with Gasteiger partial charge in [0.15, 0.2) is 11.5 Å². The lowest BCUT2D eigenvalue weighted by molar-refractivity contribution is -0.384. The molecule has 0 spiro atoms. The van der Waals surface area contributed by atoms with E-state index in [1.54, 1.807) is 6.92 Å². The first kappa shape index (κ1) is 29.3. The highest BCUT2D eigenvalue weighted by molar-refractivity contribution is 8.18. The molecule has 1 aliphatic heterocycles. The van der Waals surface area contributed by atoms with Crippen LogP contribution in [0.1, 0.15) is 25.0 Å². The fourth-order valence-corrected chi connectivity index (χ4v) is 5.50. The molecule has 41 heavy (non-hydrogen) atoms. The molecule has 1 aliphatic rings. The van der Waals surface area contributed by atoms with E-state index in [-0.39, 0.29) is 46.0 Å². The van der Waals surface area contributed by atoms with Gasteiger partial charge in [-0.25, -0.2) is 0 Å². The standard InChI is InChI=1S/C27H23N3O9S2/c1-3-38-24-14-19(6-13-23(24)39-41(36,37)22-11-7-20(8-12-22)28-17(2)31)15-25-26(32)29(27(33)40-25)16-18-4-9-21(10-5-18)30(34)35/h4-15H,3,16H2,1-2H3,(H,28,31)/b25-15-. The number of nitrogens with zero attached hydrogens (tertiary/aromatic N) is 2. The molecule has 1 heterocycles. The minimum Gasteiger partial charge on any atom is -0.490 e. The molecule has 3 amide bonds. The van der Waals surface area contributed by atoms with Gasteiger partial charge in [0.05, 0.1) is 23.0 Å². The maximum atomic E-state index is 13.0. The number of hydrogen-bond donors (Lipinski definition) is 1. The second-order valence-electron chi connectivity index (χ2n) is 8.57. The Bertz CT molecular complexity index is 1650. The van der Waals surface area contributed by atoms with Crippen molar-refractivity contribution in [1.29, 1.82) is 0 Å². The average Bonchev–Trinajstić information content (AvgIpc) is 3.17. The van der Waals surface area contributed by atoms with Gasteiger partial charge in [-0.3, -0.25) is 29.4 Å². The number of nitrogens with one attached hydrogen (secondary N) is 1. The number of hydrogen-bond acceptors (Lipinski definition) is 10. The maximum absolute atomic E-state index is 13.0. The molecule has 1 saturated heterocycles. The third-order valence-electron chi connectivity index (χ3n) is 5.59. The van der Waals surface area contributed by atoms with Crippen LogP contribution in [-0.2, 0) is 26.3 Å². The van der Waals surface area contributed by atoms with Crippen LogP contribution in [0, 0.1) is 10.1 Å². The van der Waals surface area contributed by atoms with Crippen LogP contribution >= 0.6 is 11.8 Å². The number of nitro groups is 1. The molecular weight excluding hydrogens is 574 g/mol. The molecule has 1 N–H and O–H groups in total. The van der Waals surface area contributed by atoms with Crippen molar-refractivity contribution in [3.8, 4) is 11.5 Å². The first-order valence-corrected chi connectivity index (χ1v) is 14.3. The topological polar surface area (TPSA) is 162 Å². The first-order valence-electron chi connectivity index (χ1n) is 12.0. The van der Waals surface area contributed by atoms with Crippen molar-refractivity contribution in [2.24, 2.45) is 0 Å². The number of amides is 3. The molecule has 0 saturated carbocycles. The van der Waals surface area contributed by atoms with Crippen LogP contribution in [0.3, 0.4) is 0 Å². The van der Waals surface area contributed by atoms with E-state index in [1.165, 1.54) is 79.7 Å². The number of rotatable bonds is 10. The van der Waals surface area contributed by atoms with Crippen LogP contribution in [-0.4, -0.2) is 41.9 Å². The third kappa shape index (κ3) is 7.10. The van der Waals surface area contributed by atoms with Crippen molar-refractivity contribution in [2.45, 2.75) is 25.3 Å². The zero-order valence-electron chi connectivity index (χ0n) is 21.7. The van der Waals surface area contributed by atoms with Crippen LogP contribution in [0.4, 0.5) is 16.2 Å². The van der Waals surface area contributed by atoms with Gasteiger partial charge in [-0.05, 0) is 72.3 Å². The normalized spacial score (nSPS) is 14.3. The smallest absolute Gasteiger partial charge is 0.339 e. The Morgan fingerprint density at radius 3 is 2.34 bits per heavy atom. The van der Waals surface area contributed by atoms with Gasteiger partial charge >= 0.3 is 10.1 Å². The minimum absolute atomic E-state index is 0.0549. The van der Waals surface area contributed by atoms with E-state index in [9.17, 15) is 32.9 Å². The highest BCUT2D eigenvalue weighted by atomic mass is 32.2. The van der Waals surface area contributed by atoms with Gasteiger partial charge in [0.2, 0.25) is 5.91 Å². The predicted octanol–water partition coefficient (Wildman–Crippen LogP) is 4.96. The molecule has 0 aliphatic carbocycles. The number of thioether (sulfide) groups is 1. The Labute approximate surface area is 239 Å². The zero-order chi connectivity index (χ0) is 29.7. The Morgan fingerprint density at radius 2 is 1.73 bits per heavy atom. The lowest BCUT2D eigenvalue weighted by Crippen LogP contribution is -2.27. The van der Waals surface area contributed by atoms with Crippen molar-refractivity contribution in [3.05, 3.63) is 92.9 Å². The molecule has 4 rings (SSSR count). The summed E-state index contributed by atoms with van der Waals surface area (Å²) in [5, 5.41) is 12.9. The number of carbonyl (C=O) groups excluding carboxylic acids is 3. The predicted molar refractivity (Wildman–Crippen MR) is 151 cm³/mol. The van der Waals surface area contributed by atoms with E-state index in [0.29, 0.717) is 16.8 Å². The summed E-state index contributed by atoms with van der Waals surface area (Å²) >= 11 is 0.735. The number of benzene rings is 3. The number of carbonyl (C=O) groups is 3. The SMILES string of the molecule is CCOc1cc(/C=C2\SC(=O)N(Cc3ccc([N+](=O)[O-])cc3)C2=O)ccc1OS(=O)(=O)c1ccc(NC(C)=O)cc1. The van der Waals surface area contributed by atoms with Gasteiger partial charge in [0, 0.05) is 24.7 Å². The van der Waals surface area contributed by atoms with E-state index < -0.39 is 26.2 Å². The molecule has 212 valence electrons. The number of nitro benzene ring substituents is 1. The van der Waals surface area contributed by atoms with Gasteiger partial charge in [0.1, 0.15) is 4.90 Å². The van der Waals surface area contributed by atoms with Crippen molar-refractivity contribution in [3.63, 3.8) is 0 Å². The quantitative estimate of drug-likeness (QED) is 0.146. The van der Waals surface area contributed by atoms with Crippen molar-refractivity contribution in [2.75, 3.05) is 11.9 Å². The lowest BCUT2D eigenvalue weighted by atomic mass is 10.1.